The van der Waals surface area contributed by atoms with Crippen LogP contribution in [0.25, 0.3) is 0 Å². The van der Waals surface area contributed by atoms with Crippen molar-refractivity contribution in [2.24, 2.45) is 0 Å². The SMILES string of the molecule is CC(C)(C)Nc1nncc(Nc2ccc(Cl)cc2)n1. The number of aromatic nitrogens is 3. The lowest BCUT2D eigenvalue weighted by Gasteiger charge is -2.20. The highest BCUT2D eigenvalue weighted by atomic mass is 35.5. The normalized spacial score (nSPS) is 11.2. The van der Waals surface area contributed by atoms with E-state index in [4.69, 9.17) is 11.6 Å². The van der Waals surface area contributed by atoms with Gasteiger partial charge in [-0.05, 0) is 45.0 Å². The summed E-state index contributed by atoms with van der Waals surface area (Å²) >= 11 is 5.84. The van der Waals surface area contributed by atoms with Gasteiger partial charge in [-0.3, -0.25) is 0 Å². The van der Waals surface area contributed by atoms with Gasteiger partial charge >= 0.3 is 0 Å². The molecule has 0 spiro atoms. The van der Waals surface area contributed by atoms with Gasteiger partial charge in [-0.1, -0.05) is 11.6 Å². The molecule has 1 heterocycles. The molecular formula is C13H16ClN5. The molecule has 100 valence electrons. The summed E-state index contributed by atoms with van der Waals surface area (Å²) in [5, 5.41) is 14.9. The summed E-state index contributed by atoms with van der Waals surface area (Å²) in [5.74, 6) is 1.12. The summed E-state index contributed by atoms with van der Waals surface area (Å²) in [6.07, 6.45) is 1.57. The third-order valence-electron chi connectivity index (χ3n) is 2.16. The minimum Gasteiger partial charge on any atom is -0.348 e. The number of anilines is 3. The van der Waals surface area contributed by atoms with Gasteiger partial charge in [-0.2, -0.15) is 10.1 Å². The zero-order valence-corrected chi connectivity index (χ0v) is 11.9. The molecule has 0 aliphatic carbocycles. The summed E-state index contributed by atoms with van der Waals surface area (Å²) < 4.78 is 0. The Labute approximate surface area is 117 Å². The van der Waals surface area contributed by atoms with Gasteiger partial charge in [0, 0.05) is 16.2 Å². The number of nitrogens with zero attached hydrogens (tertiary/aromatic N) is 3. The number of halogens is 1. The largest absolute Gasteiger partial charge is 0.348 e. The van der Waals surface area contributed by atoms with Crippen LogP contribution in [-0.4, -0.2) is 20.7 Å². The highest BCUT2D eigenvalue weighted by molar-refractivity contribution is 6.30. The standard InChI is InChI=1S/C13H16ClN5/c1-13(2,3)18-12-17-11(8-15-19-12)16-10-6-4-9(14)5-7-10/h4-8H,1-3H3,(H2,16,17,18,19). The molecule has 0 aliphatic rings. The predicted molar refractivity (Wildman–Crippen MR) is 77.9 cm³/mol. The predicted octanol–water partition coefficient (Wildman–Crippen LogP) is 3.48. The molecular weight excluding hydrogens is 262 g/mol. The molecule has 0 aliphatic heterocycles. The van der Waals surface area contributed by atoms with Crippen LogP contribution in [0, 0.1) is 0 Å². The average molecular weight is 278 g/mol. The fraction of sp³-hybridized carbons (Fsp3) is 0.308. The zero-order valence-electron chi connectivity index (χ0n) is 11.1. The molecule has 0 amide bonds. The van der Waals surface area contributed by atoms with Gasteiger partial charge in [0.05, 0.1) is 6.20 Å². The van der Waals surface area contributed by atoms with E-state index in [0.29, 0.717) is 16.8 Å². The van der Waals surface area contributed by atoms with E-state index in [1.165, 1.54) is 0 Å². The van der Waals surface area contributed by atoms with E-state index in [2.05, 4.69) is 25.8 Å². The van der Waals surface area contributed by atoms with Crippen LogP contribution >= 0.6 is 11.6 Å². The topological polar surface area (TPSA) is 62.7 Å². The molecule has 1 aromatic carbocycles. The minimum atomic E-state index is -0.111. The van der Waals surface area contributed by atoms with Crippen molar-refractivity contribution >= 4 is 29.1 Å². The Morgan fingerprint density at radius 3 is 2.42 bits per heavy atom. The Morgan fingerprint density at radius 2 is 1.79 bits per heavy atom. The van der Waals surface area contributed by atoms with Crippen molar-refractivity contribution in [3.63, 3.8) is 0 Å². The Kier molecular flexibility index (Phi) is 3.85. The van der Waals surface area contributed by atoms with Crippen LogP contribution in [-0.2, 0) is 0 Å². The Bertz CT molecular complexity index is 548. The third kappa shape index (κ3) is 4.37. The van der Waals surface area contributed by atoms with Gasteiger partial charge in [-0.15, -0.1) is 5.10 Å². The van der Waals surface area contributed by atoms with Crippen molar-refractivity contribution in [3.05, 3.63) is 35.5 Å². The monoisotopic (exact) mass is 277 g/mol. The maximum atomic E-state index is 5.84. The quantitative estimate of drug-likeness (QED) is 0.899. The second-order valence-electron chi connectivity index (χ2n) is 5.17. The highest BCUT2D eigenvalue weighted by Gasteiger charge is 2.11. The van der Waals surface area contributed by atoms with Gasteiger partial charge in [0.15, 0.2) is 5.82 Å². The van der Waals surface area contributed by atoms with Crippen molar-refractivity contribution in [2.75, 3.05) is 10.6 Å². The lowest BCUT2D eigenvalue weighted by atomic mass is 10.1. The summed E-state index contributed by atoms with van der Waals surface area (Å²) in [5.41, 5.74) is 0.784. The fourth-order valence-electron chi connectivity index (χ4n) is 1.43. The van der Waals surface area contributed by atoms with Crippen molar-refractivity contribution in [3.8, 4) is 0 Å². The molecule has 0 bridgehead atoms. The van der Waals surface area contributed by atoms with Crippen molar-refractivity contribution < 1.29 is 0 Å². The van der Waals surface area contributed by atoms with E-state index >= 15 is 0 Å². The molecule has 0 saturated carbocycles. The summed E-state index contributed by atoms with van der Waals surface area (Å²) in [4.78, 5) is 4.35. The summed E-state index contributed by atoms with van der Waals surface area (Å²) in [7, 11) is 0. The maximum absolute atomic E-state index is 5.84. The lowest BCUT2D eigenvalue weighted by Crippen LogP contribution is -2.27. The molecule has 5 nitrogen and oxygen atoms in total. The van der Waals surface area contributed by atoms with E-state index in [1.807, 2.05) is 45.0 Å². The summed E-state index contributed by atoms with van der Waals surface area (Å²) in [6, 6.07) is 7.38. The van der Waals surface area contributed by atoms with Gasteiger partial charge in [-0.25, -0.2) is 0 Å². The molecule has 2 rings (SSSR count). The molecule has 19 heavy (non-hydrogen) atoms. The van der Waals surface area contributed by atoms with Gasteiger partial charge < -0.3 is 10.6 Å². The highest BCUT2D eigenvalue weighted by Crippen LogP contribution is 2.18. The van der Waals surface area contributed by atoms with Crippen molar-refractivity contribution in [1.29, 1.82) is 0 Å². The van der Waals surface area contributed by atoms with Crippen molar-refractivity contribution in [1.82, 2.24) is 15.2 Å². The van der Waals surface area contributed by atoms with E-state index < -0.39 is 0 Å². The molecule has 0 atom stereocenters. The second kappa shape index (κ2) is 5.40. The minimum absolute atomic E-state index is 0.111. The molecule has 6 heteroatoms. The first-order chi connectivity index (χ1) is 8.92. The molecule has 0 fully saturated rings. The summed E-state index contributed by atoms with van der Waals surface area (Å²) in [6.45, 7) is 6.11. The Hall–Kier alpha value is -1.88. The number of hydrogen-bond donors (Lipinski definition) is 2. The number of rotatable bonds is 3. The molecule has 2 aromatic rings. The van der Waals surface area contributed by atoms with Crippen LogP contribution in [0.2, 0.25) is 5.02 Å². The Morgan fingerprint density at radius 1 is 1.11 bits per heavy atom. The van der Waals surface area contributed by atoms with Gasteiger partial charge in [0.25, 0.3) is 0 Å². The maximum Gasteiger partial charge on any atom is 0.245 e. The fourth-order valence-corrected chi connectivity index (χ4v) is 1.56. The Balaban J connectivity index is 2.13. The molecule has 0 saturated heterocycles. The molecule has 0 unspecified atom stereocenters. The smallest absolute Gasteiger partial charge is 0.245 e. The first-order valence-corrected chi connectivity index (χ1v) is 6.31. The number of hydrogen-bond acceptors (Lipinski definition) is 5. The lowest BCUT2D eigenvalue weighted by molar-refractivity contribution is 0.623. The van der Waals surface area contributed by atoms with Gasteiger partial charge in [0.1, 0.15) is 0 Å². The van der Waals surface area contributed by atoms with E-state index in [1.54, 1.807) is 6.20 Å². The molecule has 1 aromatic heterocycles. The van der Waals surface area contributed by atoms with E-state index in [0.717, 1.165) is 5.69 Å². The first-order valence-electron chi connectivity index (χ1n) is 5.93. The van der Waals surface area contributed by atoms with Crippen molar-refractivity contribution in [2.45, 2.75) is 26.3 Å². The third-order valence-corrected chi connectivity index (χ3v) is 2.41. The van der Waals surface area contributed by atoms with Gasteiger partial charge in [0.2, 0.25) is 5.95 Å². The number of nitrogens with one attached hydrogen (secondary N) is 2. The van der Waals surface area contributed by atoms with Crippen LogP contribution in [0.15, 0.2) is 30.5 Å². The van der Waals surface area contributed by atoms with E-state index in [9.17, 15) is 0 Å². The van der Waals surface area contributed by atoms with E-state index in [-0.39, 0.29) is 5.54 Å². The zero-order chi connectivity index (χ0) is 13.9. The second-order valence-corrected chi connectivity index (χ2v) is 5.61. The van der Waals surface area contributed by atoms with Crippen LogP contribution < -0.4 is 10.6 Å². The average Bonchev–Trinajstić information content (AvgIpc) is 2.30. The van der Waals surface area contributed by atoms with Crippen LogP contribution in [0.1, 0.15) is 20.8 Å². The number of benzene rings is 1. The van der Waals surface area contributed by atoms with Crippen LogP contribution in [0.5, 0.6) is 0 Å². The first kappa shape index (κ1) is 13.5. The molecule has 2 N–H and O–H groups in total. The van der Waals surface area contributed by atoms with Crippen LogP contribution in [0.4, 0.5) is 17.5 Å². The van der Waals surface area contributed by atoms with Crippen LogP contribution in [0.3, 0.4) is 0 Å². The molecule has 0 radical (unpaired) electrons.